The fourth-order valence-electron chi connectivity index (χ4n) is 2.18. The van der Waals surface area contributed by atoms with Crippen molar-refractivity contribution in [2.75, 3.05) is 30.3 Å². The molecule has 1 heterocycles. The van der Waals surface area contributed by atoms with Gasteiger partial charge in [-0.25, -0.2) is 0 Å². The molecule has 1 unspecified atom stereocenters. The van der Waals surface area contributed by atoms with Crippen molar-refractivity contribution in [2.45, 2.75) is 19.9 Å². The van der Waals surface area contributed by atoms with Crippen LogP contribution in [0.25, 0.3) is 0 Å². The summed E-state index contributed by atoms with van der Waals surface area (Å²) in [4.78, 5) is 13.7. The van der Waals surface area contributed by atoms with Crippen LogP contribution in [0.1, 0.15) is 13.8 Å². The average molecular weight is 249 g/mol. The molecule has 0 bridgehead atoms. The molecule has 1 amide bonds. The van der Waals surface area contributed by atoms with Crippen LogP contribution in [0.4, 0.5) is 11.4 Å². The number of carbonyl (C=O) groups is 1. The SMILES string of the molecule is CCOc1cccc(N2CCNC(=O)C2C)c1N. The van der Waals surface area contributed by atoms with Gasteiger partial charge < -0.3 is 20.7 Å². The van der Waals surface area contributed by atoms with E-state index in [1.165, 1.54) is 0 Å². The first-order valence-electron chi connectivity index (χ1n) is 6.20. The van der Waals surface area contributed by atoms with Crippen molar-refractivity contribution in [2.24, 2.45) is 0 Å². The quantitative estimate of drug-likeness (QED) is 0.784. The molecule has 1 aliphatic rings. The Bertz CT molecular complexity index is 448. The van der Waals surface area contributed by atoms with Crippen LogP contribution in [0.3, 0.4) is 0 Å². The van der Waals surface area contributed by atoms with Gasteiger partial charge in [-0.2, -0.15) is 0 Å². The van der Waals surface area contributed by atoms with Crippen molar-refractivity contribution in [3.63, 3.8) is 0 Å². The Morgan fingerprint density at radius 1 is 1.56 bits per heavy atom. The third-order valence-corrected chi connectivity index (χ3v) is 3.15. The molecule has 1 saturated heterocycles. The van der Waals surface area contributed by atoms with Crippen LogP contribution in [0.15, 0.2) is 18.2 Å². The topological polar surface area (TPSA) is 67.6 Å². The molecule has 98 valence electrons. The zero-order valence-corrected chi connectivity index (χ0v) is 10.8. The largest absolute Gasteiger partial charge is 0.492 e. The van der Waals surface area contributed by atoms with E-state index >= 15 is 0 Å². The molecular weight excluding hydrogens is 230 g/mol. The number of hydrogen-bond acceptors (Lipinski definition) is 4. The Balaban J connectivity index is 2.32. The van der Waals surface area contributed by atoms with E-state index in [2.05, 4.69) is 5.32 Å². The summed E-state index contributed by atoms with van der Waals surface area (Å²) in [6.07, 6.45) is 0. The van der Waals surface area contributed by atoms with Crippen LogP contribution >= 0.6 is 0 Å². The zero-order valence-electron chi connectivity index (χ0n) is 10.8. The summed E-state index contributed by atoms with van der Waals surface area (Å²) in [5, 5.41) is 2.84. The summed E-state index contributed by atoms with van der Waals surface area (Å²) in [7, 11) is 0. The maximum atomic E-state index is 11.7. The second-order valence-corrected chi connectivity index (χ2v) is 4.28. The van der Waals surface area contributed by atoms with E-state index in [0.717, 1.165) is 12.2 Å². The molecule has 5 nitrogen and oxygen atoms in total. The minimum atomic E-state index is -0.210. The van der Waals surface area contributed by atoms with Gasteiger partial charge in [0.05, 0.1) is 18.0 Å². The molecule has 1 atom stereocenters. The second kappa shape index (κ2) is 5.16. The standard InChI is InChI=1S/C13H19N3O2/c1-3-18-11-6-4-5-10(12(11)14)16-8-7-15-13(17)9(16)2/h4-6,9H,3,7-8,14H2,1-2H3,(H,15,17). The van der Waals surface area contributed by atoms with Crippen molar-refractivity contribution in [3.8, 4) is 5.75 Å². The predicted octanol–water partition coefficient (Wildman–Crippen LogP) is 0.992. The maximum absolute atomic E-state index is 11.7. The van der Waals surface area contributed by atoms with Crippen LogP contribution in [0.2, 0.25) is 0 Å². The summed E-state index contributed by atoms with van der Waals surface area (Å²) in [5.74, 6) is 0.704. The van der Waals surface area contributed by atoms with E-state index in [1.54, 1.807) is 0 Å². The Hall–Kier alpha value is -1.91. The van der Waals surface area contributed by atoms with Crippen LogP contribution in [0, 0.1) is 0 Å². The number of nitrogens with two attached hydrogens (primary N) is 1. The van der Waals surface area contributed by atoms with Crippen molar-refractivity contribution in [1.82, 2.24) is 5.32 Å². The number of carbonyl (C=O) groups excluding carboxylic acids is 1. The number of anilines is 2. The van der Waals surface area contributed by atoms with Gasteiger partial charge in [-0.1, -0.05) is 6.07 Å². The first-order chi connectivity index (χ1) is 8.65. The van der Waals surface area contributed by atoms with Gasteiger partial charge in [-0.05, 0) is 26.0 Å². The van der Waals surface area contributed by atoms with E-state index in [1.807, 2.05) is 36.9 Å². The van der Waals surface area contributed by atoms with Gasteiger partial charge >= 0.3 is 0 Å². The summed E-state index contributed by atoms with van der Waals surface area (Å²) in [6, 6.07) is 5.46. The molecule has 2 rings (SSSR count). The summed E-state index contributed by atoms with van der Waals surface area (Å²) in [6.45, 7) is 5.77. The molecule has 0 aliphatic carbocycles. The van der Waals surface area contributed by atoms with E-state index in [4.69, 9.17) is 10.5 Å². The molecule has 1 aliphatic heterocycles. The number of piperazine rings is 1. The number of nitrogens with one attached hydrogen (secondary N) is 1. The average Bonchev–Trinajstić information content (AvgIpc) is 2.36. The molecule has 0 aromatic heterocycles. The number of nitrogens with zero attached hydrogens (tertiary/aromatic N) is 1. The minimum Gasteiger partial charge on any atom is -0.492 e. The fourth-order valence-corrected chi connectivity index (χ4v) is 2.18. The Morgan fingerprint density at radius 3 is 3.06 bits per heavy atom. The molecule has 0 spiro atoms. The van der Waals surface area contributed by atoms with Gasteiger partial charge in [0.25, 0.3) is 0 Å². The molecule has 3 N–H and O–H groups in total. The fraction of sp³-hybridized carbons (Fsp3) is 0.462. The monoisotopic (exact) mass is 249 g/mol. The molecule has 0 saturated carbocycles. The molecule has 1 fully saturated rings. The van der Waals surface area contributed by atoms with E-state index in [0.29, 0.717) is 24.6 Å². The first kappa shape index (κ1) is 12.5. The molecular formula is C13H19N3O2. The van der Waals surface area contributed by atoms with E-state index < -0.39 is 0 Å². The summed E-state index contributed by atoms with van der Waals surface area (Å²) >= 11 is 0. The lowest BCUT2D eigenvalue weighted by molar-refractivity contribution is -0.122. The lowest BCUT2D eigenvalue weighted by atomic mass is 10.1. The number of ether oxygens (including phenoxy) is 1. The second-order valence-electron chi connectivity index (χ2n) is 4.28. The third-order valence-electron chi connectivity index (χ3n) is 3.15. The molecule has 1 aromatic rings. The molecule has 1 aromatic carbocycles. The Morgan fingerprint density at radius 2 is 2.33 bits per heavy atom. The van der Waals surface area contributed by atoms with Crippen LogP contribution < -0.4 is 20.7 Å². The predicted molar refractivity (Wildman–Crippen MR) is 71.8 cm³/mol. The van der Waals surface area contributed by atoms with Crippen LogP contribution in [-0.2, 0) is 4.79 Å². The molecule has 18 heavy (non-hydrogen) atoms. The van der Waals surface area contributed by atoms with Crippen molar-refractivity contribution in [1.29, 1.82) is 0 Å². The van der Waals surface area contributed by atoms with E-state index in [9.17, 15) is 4.79 Å². The number of amides is 1. The highest BCUT2D eigenvalue weighted by atomic mass is 16.5. The lowest BCUT2D eigenvalue weighted by Crippen LogP contribution is -2.54. The van der Waals surface area contributed by atoms with Crippen molar-refractivity contribution >= 4 is 17.3 Å². The molecule has 5 heteroatoms. The van der Waals surface area contributed by atoms with Gasteiger partial charge in [-0.15, -0.1) is 0 Å². The van der Waals surface area contributed by atoms with Crippen molar-refractivity contribution in [3.05, 3.63) is 18.2 Å². The maximum Gasteiger partial charge on any atom is 0.242 e. The normalized spacial score (nSPS) is 19.6. The number of benzene rings is 1. The Labute approximate surface area is 107 Å². The minimum absolute atomic E-state index is 0.0301. The highest BCUT2D eigenvalue weighted by molar-refractivity contribution is 5.88. The zero-order chi connectivity index (χ0) is 13.1. The number of hydrogen-bond donors (Lipinski definition) is 2. The van der Waals surface area contributed by atoms with Gasteiger partial charge in [0.2, 0.25) is 5.91 Å². The Kier molecular flexibility index (Phi) is 3.60. The smallest absolute Gasteiger partial charge is 0.242 e. The van der Waals surface area contributed by atoms with Crippen molar-refractivity contribution < 1.29 is 9.53 Å². The van der Waals surface area contributed by atoms with Gasteiger partial charge in [0.15, 0.2) is 0 Å². The third kappa shape index (κ3) is 2.20. The molecule has 0 radical (unpaired) electrons. The van der Waals surface area contributed by atoms with E-state index in [-0.39, 0.29) is 11.9 Å². The summed E-state index contributed by atoms with van der Waals surface area (Å²) < 4.78 is 5.48. The van der Waals surface area contributed by atoms with Gasteiger partial charge in [0, 0.05) is 13.1 Å². The highest BCUT2D eigenvalue weighted by Crippen LogP contribution is 2.33. The number of para-hydroxylation sites is 1. The van der Waals surface area contributed by atoms with Crippen LogP contribution in [-0.4, -0.2) is 31.6 Å². The van der Waals surface area contributed by atoms with Gasteiger partial charge in [0.1, 0.15) is 11.8 Å². The lowest BCUT2D eigenvalue weighted by Gasteiger charge is -2.35. The highest BCUT2D eigenvalue weighted by Gasteiger charge is 2.27. The first-order valence-corrected chi connectivity index (χ1v) is 6.20. The van der Waals surface area contributed by atoms with Crippen LogP contribution in [0.5, 0.6) is 5.75 Å². The van der Waals surface area contributed by atoms with Gasteiger partial charge in [-0.3, -0.25) is 4.79 Å². The summed E-state index contributed by atoms with van der Waals surface area (Å²) in [5.41, 5.74) is 7.57. The number of nitrogen functional groups attached to an aromatic ring is 1. The number of rotatable bonds is 3.